The van der Waals surface area contributed by atoms with Crippen LogP contribution in [0.3, 0.4) is 0 Å². The number of halogens is 1. The van der Waals surface area contributed by atoms with Crippen molar-refractivity contribution in [3.05, 3.63) is 35.6 Å². The first-order valence-corrected chi connectivity index (χ1v) is 4.78. The molecule has 2 heteroatoms. The van der Waals surface area contributed by atoms with E-state index in [1.54, 1.807) is 0 Å². The van der Waals surface area contributed by atoms with Gasteiger partial charge in [0.25, 0.3) is 0 Å². The molecule has 0 aromatic heterocycles. The molecule has 1 fully saturated rings. The summed E-state index contributed by atoms with van der Waals surface area (Å²) in [5, 5.41) is 4.51. The Morgan fingerprint density at radius 2 is 1.92 bits per heavy atom. The van der Waals surface area contributed by atoms with E-state index < -0.39 is 0 Å². The van der Waals surface area contributed by atoms with E-state index in [1.165, 1.54) is 25.0 Å². The molecule has 0 saturated carbocycles. The number of nitrogens with zero attached hydrogens (tertiary/aromatic N) is 1. The Morgan fingerprint density at radius 3 is 2.54 bits per heavy atom. The maximum atomic E-state index is 12.6. The Hall–Kier alpha value is -0.890. The molecule has 0 amide bonds. The van der Waals surface area contributed by atoms with Gasteiger partial charge in [0, 0.05) is 12.6 Å². The van der Waals surface area contributed by atoms with Crippen LogP contribution in [0, 0.1) is 5.82 Å². The smallest absolute Gasteiger partial charge is 0.123 e. The molecule has 1 radical (unpaired) electrons. The van der Waals surface area contributed by atoms with Gasteiger partial charge in [0.05, 0.1) is 0 Å². The zero-order valence-corrected chi connectivity index (χ0v) is 7.54. The molecule has 1 aliphatic rings. The zero-order chi connectivity index (χ0) is 9.10. The zero-order valence-electron chi connectivity index (χ0n) is 7.54. The van der Waals surface area contributed by atoms with E-state index in [1.807, 2.05) is 12.1 Å². The Morgan fingerprint density at radius 1 is 1.15 bits per heavy atom. The number of benzene rings is 1. The highest BCUT2D eigenvalue weighted by Gasteiger charge is 2.15. The second-order valence-corrected chi connectivity index (χ2v) is 3.47. The monoisotopic (exact) mass is 178 g/mol. The summed E-state index contributed by atoms with van der Waals surface area (Å²) in [4.78, 5) is 0. The predicted molar refractivity (Wildman–Crippen MR) is 50.0 cm³/mol. The van der Waals surface area contributed by atoms with Gasteiger partial charge in [0.1, 0.15) is 5.82 Å². The second-order valence-electron chi connectivity index (χ2n) is 3.47. The Balaban J connectivity index is 2.10. The normalized spacial score (nSPS) is 23.0. The highest BCUT2D eigenvalue weighted by atomic mass is 19.1. The van der Waals surface area contributed by atoms with Gasteiger partial charge >= 0.3 is 0 Å². The highest BCUT2D eigenvalue weighted by Crippen LogP contribution is 2.23. The van der Waals surface area contributed by atoms with Crippen LogP contribution in [-0.2, 0) is 0 Å². The lowest BCUT2D eigenvalue weighted by molar-refractivity contribution is 0.403. The molecule has 1 nitrogen and oxygen atoms in total. The molecule has 1 saturated heterocycles. The Kier molecular flexibility index (Phi) is 2.60. The fourth-order valence-electron chi connectivity index (χ4n) is 1.74. The van der Waals surface area contributed by atoms with Crippen LogP contribution in [0.15, 0.2) is 24.3 Å². The fourth-order valence-corrected chi connectivity index (χ4v) is 1.74. The largest absolute Gasteiger partial charge is 0.234 e. The van der Waals surface area contributed by atoms with Crippen molar-refractivity contribution in [1.29, 1.82) is 0 Å². The van der Waals surface area contributed by atoms with Crippen molar-refractivity contribution in [2.75, 3.05) is 6.54 Å². The van der Waals surface area contributed by atoms with E-state index in [9.17, 15) is 4.39 Å². The number of rotatable bonds is 1. The first kappa shape index (κ1) is 8.70. The first-order valence-electron chi connectivity index (χ1n) is 4.78. The molecular formula is C11H13FN. The topological polar surface area (TPSA) is 14.1 Å². The van der Waals surface area contributed by atoms with Crippen molar-refractivity contribution < 1.29 is 4.39 Å². The third-order valence-electron chi connectivity index (χ3n) is 2.49. The van der Waals surface area contributed by atoms with E-state index in [0.29, 0.717) is 6.04 Å². The van der Waals surface area contributed by atoms with Gasteiger partial charge in [0.15, 0.2) is 0 Å². The van der Waals surface area contributed by atoms with E-state index in [2.05, 4.69) is 5.32 Å². The van der Waals surface area contributed by atoms with Gasteiger partial charge in [-0.2, -0.15) is 0 Å². The van der Waals surface area contributed by atoms with E-state index in [-0.39, 0.29) is 5.82 Å². The lowest BCUT2D eigenvalue weighted by atomic mass is 9.98. The van der Waals surface area contributed by atoms with E-state index >= 15 is 0 Å². The van der Waals surface area contributed by atoms with Crippen LogP contribution in [0.25, 0.3) is 0 Å². The van der Waals surface area contributed by atoms with Gasteiger partial charge in [-0.3, -0.25) is 0 Å². The van der Waals surface area contributed by atoms with Crippen molar-refractivity contribution in [3.63, 3.8) is 0 Å². The van der Waals surface area contributed by atoms with Gasteiger partial charge in [-0.15, -0.1) is 0 Å². The SMILES string of the molecule is Fc1ccc(C2CCCC[N]2)cc1. The van der Waals surface area contributed by atoms with Crippen LogP contribution in [0.2, 0.25) is 0 Å². The van der Waals surface area contributed by atoms with Crippen molar-refractivity contribution in [2.45, 2.75) is 25.3 Å². The standard InChI is InChI=1S/C11H13FN/c12-10-6-4-9(5-7-10)11-3-1-2-8-13-11/h4-7,11H,1-3,8H2. The lowest BCUT2D eigenvalue weighted by Crippen LogP contribution is -2.20. The molecule has 13 heavy (non-hydrogen) atoms. The minimum atomic E-state index is -0.167. The van der Waals surface area contributed by atoms with Crippen molar-refractivity contribution in [2.24, 2.45) is 0 Å². The molecule has 1 unspecified atom stereocenters. The van der Waals surface area contributed by atoms with E-state index in [0.717, 1.165) is 18.5 Å². The summed E-state index contributed by atoms with van der Waals surface area (Å²) in [7, 11) is 0. The molecule has 1 heterocycles. The van der Waals surface area contributed by atoms with Crippen LogP contribution < -0.4 is 5.32 Å². The van der Waals surface area contributed by atoms with Crippen LogP contribution in [-0.4, -0.2) is 6.54 Å². The number of hydrogen-bond donors (Lipinski definition) is 0. The minimum absolute atomic E-state index is 0.167. The second kappa shape index (κ2) is 3.88. The molecular weight excluding hydrogens is 165 g/mol. The summed E-state index contributed by atoms with van der Waals surface area (Å²) in [6.07, 6.45) is 3.56. The average molecular weight is 178 g/mol. The average Bonchev–Trinajstić information content (AvgIpc) is 2.20. The van der Waals surface area contributed by atoms with Crippen molar-refractivity contribution in [1.82, 2.24) is 5.32 Å². The van der Waals surface area contributed by atoms with Crippen LogP contribution in [0.1, 0.15) is 30.9 Å². The molecule has 1 atom stereocenters. The first-order chi connectivity index (χ1) is 6.36. The molecule has 1 aliphatic heterocycles. The third kappa shape index (κ3) is 2.07. The Labute approximate surface area is 78.0 Å². The maximum absolute atomic E-state index is 12.6. The molecule has 0 bridgehead atoms. The molecule has 0 N–H and O–H groups in total. The molecule has 1 aromatic carbocycles. The molecule has 2 rings (SSSR count). The molecule has 0 spiro atoms. The van der Waals surface area contributed by atoms with Gasteiger partial charge in [0.2, 0.25) is 0 Å². The lowest BCUT2D eigenvalue weighted by Gasteiger charge is -2.21. The van der Waals surface area contributed by atoms with Crippen LogP contribution in [0.4, 0.5) is 4.39 Å². The minimum Gasteiger partial charge on any atom is -0.234 e. The van der Waals surface area contributed by atoms with Crippen LogP contribution in [0.5, 0.6) is 0 Å². The highest BCUT2D eigenvalue weighted by molar-refractivity contribution is 5.20. The van der Waals surface area contributed by atoms with Crippen LogP contribution >= 0.6 is 0 Å². The van der Waals surface area contributed by atoms with Crippen molar-refractivity contribution in [3.8, 4) is 0 Å². The molecule has 0 aliphatic carbocycles. The van der Waals surface area contributed by atoms with Gasteiger partial charge in [-0.05, 0) is 30.5 Å². The summed E-state index contributed by atoms with van der Waals surface area (Å²) in [6, 6.07) is 7.03. The summed E-state index contributed by atoms with van der Waals surface area (Å²) >= 11 is 0. The fraction of sp³-hybridized carbons (Fsp3) is 0.455. The number of hydrogen-bond acceptors (Lipinski definition) is 0. The summed E-state index contributed by atoms with van der Waals surface area (Å²) in [6.45, 7) is 0.960. The Bertz CT molecular complexity index is 262. The van der Waals surface area contributed by atoms with Crippen molar-refractivity contribution >= 4 is 0 Å². The van der Waals surface area contributed by atoms with Gasteiger partial charge < -0.3 is 0 Å². The third-order valence-corrected chi connectivity index (χ3v) is 2.49. The summed E-state index contributed by atoms with van der Waals surface area (Å²) < 4.78 is 12.6. The summed E-state index contributed by atoms with van der Waals surface area (Å²) in [5.41, 5.74) is 1.15. The van der Waals surface area contributed by atoms with Gasteiger partial charge in [-0.25, -0.2) is 9.71 Å². The maximum Gasteiger partial charge on any atom is 0.123 e. The predicted octanol–water partition coefficient (Wildman–Crippen LogP) is 2.66. The van der Waals surface area contributed by atoms with Gasteiger partial charge in [-0.1, -0.05) is 18.6 Å². The molecule has 69 valence electrons. The summed E-state index contributed by atoms with van der Waals surface area (Å²) in [5.74, 6) is -0.167. The number of piperidine rings is 1. The molecule has 1 aromatic rings. The quantitative estimate of drug-likeness (QED) is 0.627. The van der Waals surface area contributed by atoms with E-state index in [4.69, 9.17) is 0 Å².